The zero-order chi connectivity index (χ0) is 29.9. The Morgan fingerprint density at radius 3 is 2.10 bits per heavy atom. The second-order valence-electron chi connectivity index (χ2n) is 12.0. The van der Waals surface area contributed by atoms with Gasteiger partial charge in [0.05, 0.1) is 5.56 Å². The van der Waals surface area contributed by atoms with Crippen molar-refractivity contribution in [2.45, 2.75) is 58.2 Å². The summed E-state index contributed by atoms with van der Waals surface area (Å²) in [6.45, 7) is 12.7. The van der Waals surface area contributed by atoms with E-state index in [4.69, 9.17) is 14.9 Å². The van der Waals surface area contributed by atoms with E-state index in [-0.39, 0.29) is 47.4 Å². The van der Waals surface area contributed by atoms with Gasteiger partial charge >= 0.3 is 12.1 Å². The van der Waals surface area contributed by atoms with Crippen molar-refractivity contribution < 1.29 is 23.5 Å². The molecule has 1 aliphatic rings. The van der Waals surface area contributed by atoms with Crippen LogP contribution in [-0.4, -0.2) is 39.3 Å². The number of hydrogen-bond donors (Lipinski definition) is 2. The Bertz CT molecular complexity index is 1420. The van der Waals surface area contributed by atoms with Crippen molar-refractivity contribution in [3.63, 3.8) is 0 Å². The Balaban J connectivity index is 1.36. The van der Waals surface area contributed by atoms with Gasteiger partial charge in [0.2, 0.25) is 0 Å². The fourth-order valence-electron chi connectivity index (χ4n) is 5.15. The lowest BCUT2D eigenvalue weighted by atomic mass is 9.98. The third-order valence-corrected chi connectivity index (χ3v) is 13.2. The van der Waals surface area contributed by atoms with Crippen LogP contribution in [0.2, 0.25) is 18.1 Å². The summed E-state index contributed by atoms with van der Waals surface area (Å²) in [5.41, 5.74) is 11.3. The number of carbonyl (C=O) groups excluding carboxylic acids is 3. The summed E-state index contributed by atoms with van der Waals surface area (Å²) in [5.74, 6) is -0.577. The standard InChI is InChI=1S/C33H40N2O5Si/c1-21(2)33(3,4)41(5,6)40-31(37)27-16-15-22(34)19-28(27)30(36)17-18-35-32(38)39-20-29-25-13-9-7-11-23(25)24-12-8-10-14-26(24)29/h7-16,19,21,29H,17-18,20,34H2,1-6H3,(H,35,38). The number of Topliss-reactive ketones (excluding diaryl/α,β-unsaturated/α-hetero) is 1. The lowest BCUT2D eigenvalue weighted by molar-refractivity contribution is 0.0701. The van der Waals surface area contributed by atoms with Gasteiger partial charge in [0, 0.05) is 30.1 Å². The van der Waals surface area contributed by atoms with Gasteiger partial charge in [-0.15, -0.1) is 0 Å². The lowest BCUT2D eigenvalue weighted by Gasteiger charge is -2.41. The first-order valence-corrected chi connectivity index (χ1v) is 17.0. The van der Waals surface area contributed by atoms with Gasteiger partial charge in [-0.1, -0.05) is 76.2 Å². The molecule has 4 rings (SSSR count). The maximum absolute atomic E-state index is 13.3. The minimum Gasteiger partial charge on any atom is -0.516 e. The monoisotopic (exact) mass is 572 g/mol. The van der Waals surface area contributed by atoms with Crippen LogP contribution in [0.15, 0.2) is 66.7 Å². The van der Waals surface area contributed by atoms with Gasteiger partial charge in [-0.3, -0.25) is 4.79 Å². The maximum Gasteiger partial charge on any atom is 0.407 e. The Morgan fingerprint density at radius 1 is 0.927 bits per heavy atom. The highest BCUT2D eigenvalue weighted by Gasteiger charge is 2.46. The molecule has 0 radical (unpaired) electrons. The number of ketones is 1. The van der Waals surface area contributed by atoms with Gasteiger partial charge in [0.25, 0.3) is 8.32 Å². The molecule has 8 heteroatoms. The van der Waals surface area contributed by atoms with Gasteiger partial charge in [0.1, 0.15) is 6.61 Å². The maximum atomic E-state index is 13.3. The molecule has 3 aromatic carbocycles. The zero-order valence-corrected chi connectivity index (χ0v) is 25.7. The minimum absolute atomic E-state index is 0.0216. The molecule has 0 spiro atoms. The van der Waals surface area contributed by atoms with Crippen molar-refractivity contribution in [2.24, 2.45) is 5.92 Å². The number of nitrogens with two attached hydrogens (primary N) is 1. The van der Waals surface area contributed by atoms with Crippen molar-refractivity contribution in [3.05, 3.63) is 89.0 Å². The molecule has 0 saturated carbocycles. The largest absolute Gasteiger partial charge is 0.516 e. The molecule has 0 heterocycles. The molecule has 0 aliphatic heterocycles. The molecule has 0 saturated heterocycles. The Labute approximate surface area is 243 Å². The first-order valence-electron chi connectivity index (χ1n) is 14.1. The second-order valence-corrected chi connectivity index (χ2v) is 16.5. The van der Waals surface area contributed by atoms with Crippen molar-refractivity contribution in [2.75, 3.05) is 18.9 Å². The number of amides is 1. The first-order chi connectivity index (χ1) is 19.3. The quantitative estimate of drug-likeness (QED) is 0.151. The molecule has 1 amide bonds. The van der Waals surface area contributed by atoms with E-state index in [0.29, 0.717) is 11.6 Å². The average molecular weight is 573 g/mol. The number of ether oxygens (including phenoxy) is 1. The van der Waals surface area contributed by atoms with Crippen LogP contribution in [-0.2, 0) is 9.16 Å². The summed E-state index contributed by atoms with van der Waals surface area (Å²) in [5, 5.41) is 2.49. The minimum atomic E-state index is -2.48. The van der Waals surface area contributed by atoms with Gasteiger partial charge in [-0.2, -0.15) is 0 Å². The summed E-state index contributed by atoms with van der Waals surface area (Å²) in [4.78, 5) is 39.0. The molecule has 3 aromatic rings. The van der Waals surface area contributed by atoms with Crippen LogP contribution in [0.4, 0.5) is 10.5 Å². The third-order valence-electron chi connectivity index (χ3n) is 8.87. The summed E-state index contributed by atoms with van der Waals surface area (Å²) in [6.07, 6.45) is -0.623. The topological polar surface area (TPSA) is 108 Å². The van der Waals surface area contributed by atoms with Crippen LogP contribution in [0.1, 0.15) is 71.9 Å². The molecule has 0 bridgehead atoms. The first kappa shape index (κ1) is 30.1. The van der Waals surface area contributed by atoms with Crippen LogP contribution in [0.3, 0.4) is 0 Å². The highest BCUT2D eigenvalue weighted by Crippen LogP contribution is 2.45. The van der Waals surface area contributed by atoms with E-state index in [1.54, 1.807) is 6.07 Å². The van der Waals surface area contributed by atoms with E-state index in [0.717, 1.165) is 22.3 Å². The average Bonchev–Trinajstić information content (AvgIpc) is 3.25. The van der Waals surface area contributed by atoms with Gasteiger partial charge < -0.3 is 20.2 Å². The lowest BCUT2D eigenvalue weighted by Crippen LogP contribution is -2.46. The number of nitrogen functional groups attached to an aromatic ring is 1. The molecule has 0 unspecified atom stereocenters. The molecular formula is C33H40N2O5Si. The fraction of sp³-hybridized carbons (Fsp3) is 0.364. The zero-order valence-electron chi connectivity index (χ0n) is 24.7. The molecule has 216 valence electrons. The van der Waals surface area contributed by atoms with E-state index >= 15 is 0 Å². The van der Waals surface area contributed by atoms with Crippen molar-refractivity contribution in [1.82, 2.24) is 5.32 Å². The highest BCUT2D eigenvalue weighted by atomic mass is 28.4. The van der Waals surface area contributed by atoms with Gasteiger partial charge in [0.15, 0.2) is 5.78 Å². The molecule has 0 atom stereocenters. The molecule has 3 N–H and O–H groups in total. The number of hydrogen-bond acceptors (Lipinski definition) is 6. The van der Waals surface area contributed by atoms with Crippen molar-refractivity contribution in [1.29, 1.82) is 0 Å². The second kappa shape index (κ2) is 11.9. The Hall–Kier alpha value is -3.91. The summed E-state index contributed by atoms with van der Waals surface area (Å²) < 4.78 is 11.6. The number of alkyl carbamates (subject to hydrolysis) is 1. The number of fused-ring (bicyclic) bond motifs is 3. The number of nitrogens with one attached hydrogen (secondary N) is 1. The van der Waals surface area contributed by atoms with Crippen LogP contribution < -0.4 is 11.1 Å². The molecule has 0 fully saturated rings. The van der Waals surface area contributed by atoms with E-state index in [1.165, 1.54) is 12.1 Å². The SMILES string of the molecule is CC(C)C(C)(C)[Si](C)(C)OC(=O)c1ccc(N)cc1C(=O)CCNC(=O)OCC1c2ccccc2-c2ccccc21. The Kier molecular flexibility index (Phi) is 8.73. The number of rotatable bonds is 10. The van der Waals surface area contributed by atoms with Crippen LogP contribution in [0.25, 0.3) is 11.1 Å². The normalized spacial score (nSPS) is 13.0. The molecule has 7 nitrogen and oxygen atoms in total. The van der Waals surface area contributed by atoms with Crippen LogP contribution in [0.5, 0.6) is 0 Å². The summed E-state index contributed by atoms with van der Waals surface area (Å²) >= 11 is 0. The van der Waals surface area contributed by atoms with Gasteiger partial charge in [-0.25, -0.2) is 9.59 Å². The molecule has 0 aromatic heterocycles. The Morgan fingerprint density at radius 2 is 1.51 bits per heavy atom. The van der Waals surface area contributed by atoms with E-state index in [2.05, 4.69) is 57.3 Å². The number of carbonyl (C=O) groups is 3. The van der Waals surface area contributed by atoms with E-state index < -0.39 is 20.4 Å². The van der Waals surface area contributed by atoms with Gasteiger partial charge in [-0.05, 0) is 64.5 Å². The predicted molar refractivity (Wildman–Crippen MR) is 165 cm³/mol. The number of benzene rings is 3. The smallest absolute Gasteiger partial charge is 0.407 e. The molecule has 41 heavy (non-hydrogen) atoms. The molecular weight excluding hydrogens is 532 g/mol. The molecule has 1 aliphatic carbocycles. The van der Waals surface area contributed by atoms with Crippen molar-refractivity contribution in [3.8, 4) is 11.1 Å². The fourth-order valence-corrected chi connectivity index (χ4v) is 7.37. The van der Waals surface area contributed by atoms with Crippen LogP contribution in [0, 0.1) is 5.92 Å². The summed E-state index contributed by atoms with van der Waals surface area (Å²) in [7, 11) is -2.48. The third kappa shape index (κ3) is 6.22. The predicted octanol–water partition coefficient (Wildman–Crippen LogP) is 7.18. The van der Waals surface area contributed by atoms with E-state index in [9.17, 15) is 14.4 Å². The van der Waals surface area contributed by atoms with E-state index in [1.807, 2.05) is 37.4 Å². The number of anilines is 1. The highest BCUT2D eigenvalue weighted by molar-refractivity contribution is 6.75. The van der Waals surface area contributed by atoms with Crippen molar-refractivity contribution >= 4 is 31.9 Å². The van der Waals surface area contributed by atoms with Crippen LogP contribution >= 0.6 is 0 Å². The summed E-state index contributed by atoms with van der Waals surface area (Å²) in [6, 6.07) is 20.9.